The summed E-state index contributed by atoms with van der Waals surface area (Å²) < 4.78 is 3.74. The smallest absolute Gasteiger partial charge is 0.200 e. The van der Waals surface area contributed by atoms with Crippen molar-refractivity contribution in [2.75, 3.05) is 0 Å². The molecule has 108 valence electrons. The van der Waals surface area contributed by atoms with Crippen molar-refractivity contribution in [3.8, 4) is 5.82 Å². The average molecular weight is 290 g/mol. The molecule has 1 aromatic carbocycles. The highest BCUT2D eigenvalue weighted by atomic mass is 16.1. The molecule has 0 saturated carbocycles. The topological polar surface area (TPSA) is 52.7 Å². The Morgan fingerprint density at radius 2 is 1.82 bits per heavy atom. The van der Waals surface area contributed by atoms with E-state index in [0.29, 0.717) is 22.3 Å². The summed E-state index contributed by atoms with van der Waals surface area (Å²) in [6.45, 7) is 1.86. The molecule has 0 amide bonds. The molecule has 0 radical (unpaired) electrons. The minimum atomic E-state index is 0.0170. The van der Waals surface area contributed by atoms with Crippen LogP contribution in [0.2, 0.25) is 0 Å². The van der Waals surface area contributed by atoms with Crippen LogP contribution in [0.1, 0.15) is 5.69 Å². The number of fused-ring (bicyclic) bond motifs is 2. The van der Waals surface area contributed by atoms with E-state index in [0.717, 1.165) is 11.2 Å². The van der Waals surface area contributed by atoms with Crippen LogP contribution in [0.5, 0.6) is 0 Å². The van der Waals surface area contributed by atoms with E-state index in [9.17, 15) is 4.79 Å². The predicted molar refractivity (Wildman–Crippen MR) is 86.3 cm³/mol. The average Bonchev–Trinajstić information content (AvgIpc) is 2.91. The van der Waals surface area contributed by atoms with Gasteiger partial charge in [-0.25, -0.2) is 4.98 Å². The van der Waals surface area contributed by atoms with E-state index in [1.165, 1.54) is 0 Å². The second-order valence-electron chi connectivity index (χ2n) is 5.29. The zero-order valence-electron chi connectivity index (χ0n) is 12.3. The first kappa shape index (κ1) is 12.8. The lowest BCUT2D eigenvalue weighted by Crippen LogP contribution is -2.11. The van der Waals surface area contributed by atoms with Gasteiger partial charge in [-0.3, -0.25) is 4.79 Å². The zero-order valence-corrected chi connectivity index (χ0v) is 12.3. The van der Waals surface area contributed by atoms with Gasteiger partial charge >= 0.3 is 0 Å². The van der Waals surface area contributed by atoms with E-state index in [2.05, 4.69) is 10.1 Å². The van der Waals surface area contributed by atoms with Gasteiger partial charge in [0, 0.05) is 18.6 Å². The molecule has 5 nitrogen and oxygen atoms in total. The minimum absolute atomic E-state index is 0.0170. The van der Waals surface area contributed by atoms with Gasteiger partial charge in [-0.05, 0) is 31.2 Å². The molecule has 22 heavy (non-hydrogen) atoms. The van der Waals surface area contributed by atoms with Crippen LogP contribution in [0.15, 0.2) is 53.5 Å². The Morgan fingerprint density at radius 3 is 2.59 bits per heavy atom. The van der Waals surface area contributed by atoms with Crippen LogP contribution < -0.4 is 5.43 Å². The molecule has 0 saturated heterocycles. The van der Waals surface area contributed by atoms with Gasteiger partial charge in [0.2, 0.25) is 5.43 Å². The van der Waals surface area contributed by atoms with Crippen LogP contribution in [0.3, 0.4) is 0 Å². The Labute approximate surface area is 126 Å². The number of hydrogen-bond donors (Lipinski definition) is 0. The maximum Gasteiger partial charge on any atom is 0.200 e. The van der Waals surface area contributed by atoms with Gasteiger partial charge in [0.15, 0.2) is 5.82 Å². The molecule has 0 fully saturated rings. The zero-order chi connectivity index (χ0) is 15.3. The molecule has 4 aromatic rings. The van der Waals surface area contributed by atoms with Crippen molar-refractivity contribution in [3.05, 3.63) is 64.6 Å². The number of para-hydroxylation sites is 1. The van der Waals surface area contributed by atoms with Crippen LogP contribution in [0.25, 0.3) is 27.8 Å². The summed E-state index contributed by atoms with van der Waals surface area (Å²) in [5.74, 6) is 0.700. The third-order valence-electron chi connectivity index (χ3n) is 3.96. The number of benzene rings is 1. The third kappa shape index (κ3) is 1.62. The van der Waals surface area contributed by atoms with Gasteiger partial charge in [0.1, 0.15) is 5.65 Å². The molecular weight excluding hydrogens is 276 g/mol. The van der Waals surface area contributed by atoms with Crippen LogP contribution >= 0.6 is 0 Å². The Morgan fingerprint density at radius 1 is 1.05 bits per heavy atom. The van der Waals surface area contributed by atoms with E-state index >= 15 is 0 Å². The first-order valence-corrected chi connectivity index (χ1v) is 7.07. The standard InChI is InChI=1S/C17H14N4O/c1-11-15-16(22)12-7-3-4-8-13(12)20(2)17(15)21(19-11)14-9-5-6-10-18-14/h3-10H,1-2H3. The van der Waals surface area contributed by atoms with Crippen molar-refractivity contribution >= 4 is 21.9 Å². The lowest BCUT2D eigenvalue weighted by atomic mass is 10.1. The van der Waals surface area contributed by atoms with Gasteiger partial charge in [0.05, 0.1) is 16.6 Å². The summed E-state index contributed by atoms with van der Waals surface area (Å²) in [7, 11) is 1.95. The summed E-state index contributed by atoms with van der Waals surface area (Å²) in [5.41, 5.74) is 2.38. The lowest BCUT2D eigenvalue weighted by Gasteiger charge is -2.10. The minimum Gasteiger partial charge on any atom is -0.328 e. The molecule has 0 unspecified atom stereocenters. The van der Waals surface area contributed by atoms with Crippen LogP contribution in [0, 0.1) is 6.92 Å². The van der Waals surface area contributed by atoms with Gasteiger partial charge in [-0.2, -0.15) is 9.78 Å². The molecule has 0 N–H and O–H groups in total. The fraction of sp³-hybridized carbons (Fsp3) is 0.118. The van der Waals surface area contributed by atoms with Gasteiger partial charge < -0.3 is 4.57 Å². The molecule has 0 atom stereocenters. The first-order chi connectivity index (χ1) is 10.7. The second kappa shape index (κ2) is 4.53. The molecule has 0 bridgehead atoms. The van der Waals surface area contributed by atoms with Gasteiger partial charge in [0.25, 0.3) is 0 Å². The second-order valence-corrected chi connectivity index (χ2v) is 5.29. The summed E-state index contributed by atoms with van der Waals surface area (Å²) in [4.78, 5) is 17.2. The Bertz CT molecular complexity index is 1060. The summed E-state index contributed by atoms with van der Waals surface area (Å²) in [5, 5.41) is 5.89. The Balaban J connectivity index is 2.25. The van der Waals surface area contributed by atoms with Crippen molar-refractivity contribution in [2.45, 2.75) is 6.92 Å². The summed E-state index contributed by atoms with van der Waals surface area (Å²) in [6, 6.07) is 13.3. The first-order valence-electron chi connectivity index (χ1n) is 7.07. The highest BCUT2D eigenvalue weighted by Gasteiger charge is 2.17. The highest BCUT2D eigenvalue weighted by Crippen LogP contribution is 2.22. The third-order valence-corrected chi connectivity index (χ3v) is 3.96. The number of pyridine rings is 2. The van der Waals surface area contributed by atoms with Crippen molar-refractivity contribution < 1.29 is 0 Å². The van der Waals surface area contributed by atoms with E-state index in [-0.39, 0.29) is 5.43 Å². The number of rotatable bonds is 1. The molecular formula is C17H14N4O. The SMILES string of the molecule is Cc1nn(-c2ccccn2)c2c1c(=O)c1ccccc1n2C. The highest BCUT2D eigenvalue weighted by molar-refractivity contribution is 5.93. The number of hydrogen-bond acceptors (Lipinski definition) is 3. The number of aryl methyl sites for hydroxylation is 2. The van der Waals surface area contributed by atoms with Crippen molar-refractivity contribution in [1.29, 1.82) is 0 Å². The lowest BCUT2D eigenvalue weighted by molar-refractivity contribution is 0.819. The van der Waals surface area contributed by atoms with Crippen molar-refractivity contribution in [3.63, 3.8) is 0 Å². The maximum absolute atomic E-state index is 12.8. The van der Waals surface area contributed by atoms with Crippen LogP contribution in [-0.2, 0) is 7.05 Å². The van der Waals surface area contributed by atoms with Crippen LogP contribution in [-0.4, -0.2) is 19.3 Å². The van der Waals surface area contributed by atoms with Crippen LogP contribution in [0.4, 0.5) is 0 Å². The van der Waals surface area contributed by atoms with E-state index in [1.807, 2.05) is 61.0 Å². The van der Waals surface area contributed by atoms with Crippen molar-refractivity contribution in [2.24, 2.45) is 7.05 Å². The van der Waals surface area contributed by atoms with E-state index in [4.69, 9.17) is 0 Å². The molecule has 0 aliphatic rings. The fourth-order valence-corrected chi connectivity index (χ4v) is 2.94. The van der Waals surface area contributed by atoms with Crippen molar-refractivity contribution in [1.82, 2.24) is 19.3 Å². The van der Waals surface area contributed by atoms with Gasteiger partial charge in [-0.15, -0.1) is 0 Å². The quantitative estimate of drug-likeness (QED) is 0.541. The predicted octanol–water partition coefficient (Wildman–Crippen LogP) is 2.58. The fourth-order valence-electron chi connectivity index (χ4n) is 2.94. The normalized spacial score (nSPS) is 11.4. The molecule has 0 aliphatic carbocycles. The molecule has 3 heterocycles. The Hall–Kier alpha value is -2.95. The molecule has 4 rings (SSSR count). The summed E-state index contributed by atoms with van der Waals surface area (Å²) >= 11 is 0. The summed E-state index contributed by atoms with van der Waals surface area (Å²) in [6.07, 6.45) is 1.72. The van der Waals surface area contributed by atoms with E-state index < -0.39 is 0 Å². The molecule has 0 spiro atoms. The number of nitrogens with zero attached hydrogens (tertiary/aromatic N) is 4. The number of aromatic nitrogens is 4. The maximum atomic E-state index is 12.8. The molecule has 0 aliphatic heterocycles. The van der Waals surface area contributed by atoms with Gasteiger partial charge in [-0.1, -0.05) is 18.2 Å². The molecule has 3 aromatic heterocycles. The monoisotopic (exact) mass is 290 g/mol. The van der Waals surface area contributed by atoms with E-state index in [1.54, 1.807) is 10.9 Å². The Kier molecular flexibility index (Phi) is 2.63. The molecule has 5 heteroatoms. The largest absolute Gasteiger partial charge is 0.328 e.